The molecular weight excluding hydrogens is 500 g/mol. The van der Waals surface area contributed by atoms with E-state index in [9.17, 15) is 24.3 Å². The lowest BCUT2D eigenvalue weighted by atomic mass is 10.0. The van der Waals surface area contributed by atoms with Crippen LogP contribution in [0.3, 0.4) is 0 Å². The van der Waals surface area contributed by atoms with Crippen LogP contribution in [0.5, 0.6) is 5.75 Å². The van der Waals surface area contributed by atoms with Crippen molar-refractivity contribution < 1.29 is 29.0 Å². The smallest absolute Gasteiger partial charge is 0.408 e. The number of anilines is 1. The highest BCUT2D eigenvalue weighted by molar-refractivity contribution is 5.99. The van der Waals surface area contributed by atoms with E-state index in [2.05, 4.69) is 10.6 Å². The molecule has 1 aliphatic rings. The molecule has 3 rings (SSSR count). The van der Waals surface area contributed by atoms with Crippen molar-refractivity contribution in [2.45, 2.75) is 77.6 Å². The number of rotatable bonds is 10. The molecule has 1 fully saturated rings. The first-order chi connectivity index (χ1) is 18.3. The molecule has 0 aromatic heterocycles. The van der Waals surface area contributed by atoms with Crippen LogP contribution in [0, 0.1) is 12.8 Å². The molecule has 10 nitrogen and oxygen atoms in total. The summed E-state index contributed by atoms with van der Waals surface area (Å²) < 4.78 is 5.36. The number of hydrogen-bond acceptors (Lipinski definition) is 6. The molecule has 0 bridgehead atoms. The van der Waals surface area contributed by atoms with Crippen LogP contribution in [0.15, 0.2) is 48.5 Å². The van der Waals surface area contributed by atoms with E-state index < -0.39 is 41.5 Å². The predicted molar refractivity (Wildman–Crippen MR) is 147 cm³/mol. The van der Waals surface area contributed by atoms with Gasteiger partial charge in [-0.3, -0.25) is 14.4 Å². The van der Waals surface area contributed by atoms with Gasteiger partial charge in [0.25, 0.3) is 5.91 Å². The van der Waals surface area contributed by atoms with Crippen LogP contribution in [-0.2, 0) is 19.1 Å². The first-order valence-corrected chi connectivity index (χ1v) is 13.0. The minimum Gasteiger partial charge on any atom is -0.508 e. The van der Waals surface area contributed by atoms with Crippen LogP contribution in [0.25, 0.3) is 0 Å². The summed E-state index contributed by atoms with van der Waals surface area (Å²) in [6, 6.07) is 10.8. The number of para-hydroxylation sites is 1. The van der Waals surface area contributed by atoms with E-state index in [1.165, 1.54) is 17.0 Å². The number of carbonyl (C=O) groups excluding carboxylic acids is 4. The van der Waals surface area contributed by atoms with Crippen molar-refractivity contribution in [1.29, 1.82) is 0 Å². The van der Waals surface area contributed by atoms with Gasteiger partial charge in [0.05, 0.1) is 0 Å². The number of nitrogens with one attached hydrogen (secondary N) is 2. The lowest BCUT2D eigenvalue weighted by Crippen LogP contribution is -2.53. The van der Waals surface area contributed by atoms with Crippen molar-refractivity contribution in [1.82, 2.24) is 10.2 Å². The minimum absolute atomic E-state index is 0.0143. The normalized spacial score (nSPS) is 17.9. The highest BCUT2D eigenvalue weighted by Crippen LogP contribution is 2.41. The molecule has 210 valence electrons. The molecule has 2 aromatic carbocycles. The Balaban J connectivity index is 2.02. The fourth-order valence-corrected chi connectivity index (χ4v) is 4.36. The molecular formula is C29H38N4O6. The zero-order chi connectivity index (χ0) is 28.9. The number of nitrogens with two attached hydrogens (primary N) is 1. The SMILES string of the molecule is Cc1ccccc1NC(=O)C(c1ccc(O)cc1)N(C(=O)C(CCC(N)=O)NC(=O)OC(C)(C)C)C1CC1C. The number of carbonyl (C=O) groups is 4. The van der Waals surface area contributed by atoms with Crippen LogP contribution in [-0.4, -0.2) is 51.5 Å². The Morgan fingerprint density at radius 2 is 1.72 bits per heavy atom. The van der Waals surface area contributed by atoms with Crippen molar-refractivity contribution in [2.24, 2.45) is 11.7 Å². The molecule has 39 heavy (non-hydrogen) atoms. The first-order valence-electron chi connectivity index (χ1n) is 13.0. The fraction of sp³-hybridized carbons (Fsp3) is 0.448. The Labute approximate surface area is 228 Å². The monoisotopic (exact) mass is 538 g/mol. The van der Waals surface area contributed by atoms with Crippen LogP contribution < -0.4 is 16.4 Å². The summed E-state index contributed by atoms with van der Waals surface area (Å²) in [5.41, 5.74) is 6.48. The molecule has 4 amide bonds. The second-order valence-corrected chi connectivity index (χ2v) is 11.0. The van der Waals surface area contributed by atoms with E-state index in [4.69, 9.17) is 10.5 Å². The van der Waals surface area contributed by atoms with Crippen molar-refractivity contribution >= 4 is 29.5 Å². The van der Waals surface area contributed by atoms with Crippen molar-refractivity contribution in [2.75, 3.05) is 5.32 Å². The van der Waals surface area contributed by atoms with Crippen LogP contribution in [0.4, 0.5) is 10.5 Å². The number of aryl methyl sites for hydroxylation is 1. The number of aromatic hydroxyl groups is 1. The van der Waals surface area contributed by atoms with Crippen LogP contribution >= 0.6 is 0 Å². The second kappa shape index (κ2) is 12.2. The molecule has 2 aromatic rings. The number of nitrogens with zero attached hydrogens (tertiary/aromatic N) is 1. The van der Waals surface area contributed by atoms with Crippen LogP contribution in [0.1, 0.15) is 64.1 Å². The van der Waals surface area contributed by atoms with E-state index in [0.717, 1.165) is 5.56 Å². The molecule has 10 heteroatoms. The molecule has 0 saturated heterocycles. The molecule has 0 radical (unpaired) electrons. The number of primary amides is 1. The van der Waals surface area contributed by atoms with E-state index in [-0.39, 0.29) is 30.6 Å². The quantitative estimate of drug-likeness (QED) is 0.361. The second-order valence-electron chi connectivity index (χ2n) is 11.0. The third kappa shape index (κ3) is 8.20. The first kappa shape index (κ1) is 29.5. The number of hydrogen-bond donors (Lipinski definition) is 4. The summed E-state index contributed by atoms with van der Waals surface area (Å²) in [5, 5.41) is 15.4. The van der Waals surface area contributed by atoms with Gasteiger partial charge in [0.15, 0.2) is 0 Å². The molecule has 5 N–H and O–H groups in total. The van der Waals surface area contributed by atoms with Gasteiger partial charge in [-0.2, -0.15) is 0 Å². The Kier molecular flexibility index (Phi) is 9.21. The summed E-state index contributed by atoms with van der Waals surface area (Å²) in [7, 11) is 0. The van der Waals surface area contributed by atoms with Gasteiger partial charge in [0.2, 0.25) is 11.8 Å². The Bertz CT molecular complexity index is 1210. The van der Waals surface area contributed by atoms with E-state index >= 15 is 0 Å². The fourth-order valence-electron chi connectivity index (χ4n) is 4.36. The third-order valence-corrected chi connectivity index (χ3v) is 6.49. The van der Waals surface area contributed by atoms with Gasteiger partial charge in [-0.15, -0.1) is 0 Å². The zero-order valence-electron chi connectivity index (χ0n) is 23.1. The minimum atomic E-state index is -1.16. The molecule has 1 saturated carbocycles. The molecule has 0 aliphatic heterocycles. The van der Waals surface area contributed by atoms with Gasteiger partial charge in [0.1, 0.15) is 23.4 Å². The Morgan fingerprint density at radius 1 is 1.10 bits per heavy atom. The van der Waals surface area contributed by atoms with Gasteiger partial charge >= 0.3 is 6.09 Å². The van der Waals surface area contributed by atoms with Gasteiger partial charge in [-0.05, 0) is 75.8 Å². The molecule has 0 heterocycles. The average molecular weight is 539 g/mol. The van der Waals surface area contributed by atoms with E-state index in [1.807, 2.05) is 26.0 Å². The van der Waals surface area contributed by atoms with Crippen LogP contribution in [0.2, 0.25) is 0 Å². The maximum absolute atomic E-state index is 14.2. The summed E-state index contributed by atoms with van der Waals surface area (Å²) >= 11 is 0. The summed E-state index contributed by atoms with van der Waals surface area (Å²) in [6.45, 7) is 8.92. The Hall–Kier alpha value is -4.08. The number of phenolic OH excluding ortho intramolecular Hbond substituents is 1. The lowest BCUT2D eigenvalue weighted by molar-refractivity contribution is -0.142. The highest BCUT2D eigenvalue weighted by Gasteiger charge is 2.48. The largest absolute Gasteiger partial charge is 0.508 e. The number of alkyl carbamates (subject to hydrolysis) is 1. The van der Waals surface area contributed by atoms with Gasteiger partial charge in [-0.25, -0.2) is 4.79 Å². The molecule has 4 unspecified atom stereocenters. The average Bonchev–Trinajstić information content (AvgIpc) is 3.56. The summed E-state index contributed by atoms with van der Waals surface area (Å²) in [5.74, 6) is -1.49. The molecule has 0 spiro atoms. The van der Waals surface area contributed by atoms with Crippen molar-refractivity contribution in [3.63, 3.8) is 0 Å². The van der Waals surface area contributed by atoms with E-state index in [1.54, 1.807) is 45.0 Å². The summed E-state index contributed by atoms with van der Waals surface area (Å²) in [4.78, 5) is 53.8. The molecule has 1 aliphatic carbocycles. The molecule has 4 atom stereocenters. The van der Waals surface area contributed by atoms with Crippen molar-refractivity contribution in [3.05, 3.63) is 59.7 Å². The van der Waals surface area contributed by atoms with E-state index in [0.29, 0.717) is 17.7 Å². The van der Waals surface area contributed by atoms with Gasteiger partial charge in [0, 0.05) is 18.2 Å². The predicted octanol–water partition coefficient (Wildman–Crippen LogP) is 3.78. The topological polar surface area (TPSA) is 151 Å². The number of benzene rings is 2. The number of phenols is 1. The Morgan fingerprint density at radius 3 is 2.26 bits per heavy atom. The zero-order valence-corrected chi connectivity index (χ0v) is 23.1. The maximum Gasteiger partial charge on any atom is 0.408 e. The number of amides is 4. The maximum atomic E-state index is 14.2. The third-order valence-electron chi connectivity index (χ3n) is 6.49. The standard InChI is InChI=1S/C29H38N4O6/c1-17-8-6-7-9-21(17)31-26(36)25(19-10-12-20(34)13-11-19)33(23-16-18(23)2)27(37)22(14-15-24(30)35)32-28(38)39-29(3,4)5/h6-13,18,22-23,25,34H,14-16H2,1-5H3,(H2,30,35)(H,31,36)(H,32,38). The van der Waals surface area contributed by atoms with Gasteiger partial charge in [-0.1, -0.05) is 37.3 Å². The highest BCUT2D eigenvalue weighted by atomic mass is 16.6. The summed E-state index contributed by atoms with van der Waals surface area (Å²) in [6.07, 6.45) is -0.376. The van der Waals surface area contributed by atoms with Crippen molar-refractivity contribution in [3.8, 4) is 5.75 Å². The lowest BCUT2D eigenvalue weighted by Gasteiger charge is -2.35. The van der Waals surface area contributed by atoms with Gasteiger partial charge < -0.3 is 31.1 Å². The number of ether oxygens (including phenoxy) is 1.